The van der Waals surface area contributed by atoms with E-state index in [2.05, 4.69) is 0 Å². The van der Waals surface area contributed by atoms with Crippen LogP contribution in [0.15, 0.2) is 53.4 Å². The molecule has 27 heavy (non-hydrogen) atoms. The monoisotopic (exact) mass is 399 g/mol. The average Bonchev–Trinajstić information content (AvgIpc) is 2.85. The summed E-state index contributed by atoms with van der Waals surface area (Å²) in [5, 5.41) is 0.888. The fourth-order valence-corrected chi connectivity index (χ4v) is 4.10. The molecule has 0 N–H and O–H groups in total. The van der Waals surface area contributed by atoms with Gasteiger partial charge in [0.05, 0.1) is 10.5 Å². The van der Waals surface area contributed by atoms with E-state index in [4.69, 9.17) is 11.6 Å². The minimum Gasteiger partial charge on any atom is -0.274 e. The first-order chi connectivity index (χ1) is 12.9. The van der Waals surface area contributed by atoms with Crippen LogP contribution in [0.3, 0.4) is 0 Å². The second-order valence-corrected chi connectivity index (χ2v) is 8.90. The number of aryl methyl sites for hydroxylation is 1. The van der Waals surface area contributed by atoms with E-state index in [-0.39, 0.29) is 17.1 Å². The van der Waals surface area contributed by atoms with Crippen molar-refractivity contribution in [3.8, 4) is 0 Å². The van der Waals surface area contributed by atoms with Crippen molar-refractivity contribution in [1.82, 2.24) is 4.90 Å². The van der Waals surface area contributed by atoms with E-state index in [9.17, 15) is 9.59 Å². The lowest BCUT2D eigenvalue weighted by Gasteiger charge is -2.15. The summed E-state index contributed by atoms with van der Waals surface area (Å²) >= 11 is 7.38. The van der Waals surface area contributed by atoms with E-state index in [1.807, 2.05) is 69.3 Å². The van der Waals surface area contributed by atoms with Gasteiger partial charge in [-0.2, -0.15) is 0 Å². The van der Waals surface area contributed by atoms with Gasteiger partial charge in [0.25, 0.3) is 11.8 Å². The molecule has 2 amide bonds. The molecule has 0 saturated carbocycles. The van der Waals surface area contributed by atoms with Crippen LogP contribution < -0.4 is 0 Å². The topological polar surface area (TPSA) is 37.4 Å². The van der Waals surface area contributed by atoms with E-state index in [0.29, 0.717) is 28.5 Å². The SMILES string of the molecule is Cc1ccc(C2=C(SC(C)C)C(=O)N(CCc3ccc(Cl)cc3)C2=O)cc1. The number of rotatable bonds is 6. The van der Waals surface area contributed by atoms with Gasteiger partial charge < -0.3 is 0 Å². The maximum absolute atomic E-state index is 13.1. The number of halogens is 1. The van der Waals surface area contributed by atoms with E-state index in [1.54, 1.807) is 0 Å². The third-order valence-corrected chi connectivity index (χ3v) is 5.69. The van der Waals surface area contributed by atoms with E-state index >= 15 is 0 Å². The van der Waals surface area contributed by atoms with Gasteiger partial charge in [-0.15, -0.1) is 11.8 Å². The number of nitrogens with zero attached hydrogens (tertiary/aromatic N) is 1. The van der Waals surface area contributed by atoms with E-state index in [0.717, 1.165) is 16.7 Å². The van der Waals surface area contributed by atoms with Crippen molar-refractivity contribution in [2.75, 3.05) is 6.54 Å². The Labute approximate surface area is 169 Å². The number of carbonyl (C=O) groups is 2. The Kier molecular flexibility index (Phi) is 6.08. The van der Waals surface area contributed by atoms with E-state index < -0.39 is 0 Å². The van der Waals surface area contributed by atoms with Gasteiger partial charge in [-0.25, -0.2) is 0 Å². The zero-order valence-electron chi connectivity index (χ0n) is 15.7. The maximum Gasteiger partial charge on any atom is 0.268 e. The van der Waals surface area contributed by atoms with Crippen molar-refractivity contribution in [1.29, 1.82) is 0 Å². The van der Waals surface area contributed by atoms with Gasteiger partial charge >= 0.3 is 0 Å². The van der Waals surface area contributed by atoms with E-state index in [1.165, 1.54) is 16.7 Å². The first-order valence-electron chi connectivity index (χ1n) is 8.95. The van der Waals surface area contributed by atoms with Crippen LogP contribution in [0.1, 0.15) is 30.5 Å². The molecular formula is C22H22ClNO2S. The molecule has 2 aromatic carbocycles. The van der Waals surface area contributed by atoms with Crippen molar-refractivity contribution in [2.45, 2.75) is 32.4 Å². The lowest BCUT2D eigenvalue weighted by atomic mass is 10.0. The van der Waals surface area contributed by atoms with Gasteiger partial charge in [0.2, 0.25) is 0 Å². The second-order valence-electron chi connectivity index (χ2n) is 6.88. The Morgan fingerprint density at radius 1 is 0.963 bits per heavy atom. The van der Waals surface area contributed by atoms with Gasteiger partial charge in [-0.1, -0.05) is 67.4 Å². The van der Waals surface area contributed by atoms with Crippen LogP contribution in [0.25, 0.3) is 5.57 Å². The number of hydrogen-bond acceptors (Lipinski definition) is 3. The van der Waals surface area contributed by atoms with Crippen molar-refractivity contribution in [3.05, 3.63) is 75.1 Å². The standard InChI is InChI=1S/C22H22ClNO2S/c1-14(2)27-20-19(17-8-4-15(3)5-9-17)21(25)24(22(20)26)13-12-16-6-10-18(23)11-7-16/h4-11,14H,12-13H2,1-3H3. The molecule has 5 heteroatoms. The molecule has 3 nitrogen and oxygen atoms in total. The van der Waals surface area contributed by atoms with Crippen LogP contribution in [0.4, 0.5) is 0 Å². The number of amides is 2. The first-order valence-corrected chi connectivity index (χ1v) is 10.2. The van der Waals surface area contributed by atoms with Crippen LogP contribution in [-0.4, -0.2) is 28.5 Å². The minimum atomic E-state index is -0.207. The summed E-state index contributed by atoms with van der Waals surface area (Å²) < 4.78 is 0. The fraction of sp³-hybridized carbons (Fsp3) is 0.273. The molecule has 0 aromatic heterocycles. The molecule has 0 aliphatic carbocycles. The molecule has 0 unspecified atom stereocenters. The number of hydrogen-bond donors (Lipinski definition) is 0. The highest BCUT2D eigenvalue weighted by Crippen LogP contribution is 2.38. The van der Waals surface area contributed by atoms with Crippen molar-refractivity contribution >= 4 is 40.8 Å². The van der Waals surface area contributed by atoms with Crippen LogP contribution in [0.5, 0.6) is 0 Å². The normalized spacial score (nSPS) is 14.6. The van der Waals surface area contributed by atoms with Gasteiger partial charge in [-0.05, 0) is 36.6 Å². The first kappa shape index (κ1) is 19.7. The molecule has 1 aliphatic heterocycles. The third kappa shape index (κ3) is 4.45. The fourth-order valence-electron chi connectivity index (χ4n) is 2.97. The number of thioether (sulfide) groups is 1. The number of benzene rings is 2. The summed E-state index contributed by atoms with van der Waals surface area (Å²) in [5.74, 6) is -0.399. The lowest BCUT2D eigenvalue weighted by Crippen LogP contribution is -2.33. The molecule has 0 radical (unpaired) electrons. The Balaban J connectivity index is 1.86. The largest absolute Gasteiger partial charge is 0.274 e. The highest BCUT2D eigenvalue weighted by molar-refractivity contribution is 8.04. The molecule has 0 bridgehead atoms. The Morgan fingerprint density at radius 3 is 2.19 bits per heavy atom. The zero-order chi connectivity index (χ0) is 19.6. The molecule has 140 valence electrons. The highest BCUT2D eigenvalue weighted by atomic mass is 35.5. The molecule has 1 aliphatic rings. The number of carbonyl (C=O) groups excluding carboxylic acids is 2. The molecule has 0 fully saturated rings. The smallest absolute Gasteiger partial charge is 0.268 e. The van der Waals surface area contributed by atoms with Crippen LogP contribution in [0, 0.1) is 6.92 Å². The summed E-state index contributed by atoms with van der Waals surface area (Å²) in [6, 6.07) is 15.2. The second kappa shape index (κ2) is 8.32. The minimum absolute atomic E-state index is 0.191. The molecule has 0 saturated heterocycles. The number of imide groups is 1. The zero-order valence-corrected chi connectivity index (χ0v) is 17.2. The maximum atomic E-state index is 13.1. The van der Waals surface area contributed by atoms with Crippen LogP contribution in [-0.2, 0) is 16.0 Å². The Bertz CT molecular complexity index is 886. The summed E-state index contributed by atoms with van der Waals surface area (Å²) in [6.07, 6.45) is 0.607. The van der Waals surface area contributed by atoms with Gasteiger partial charge in [0.15, 0.2) is 0 Å². The summed E-state index contributed by atoms with van der Waals surface area (Å²) in [4.78, 5) is 28.0. The predicted octanol–water partition coefficient (Wildman–Crippen LogP) is 5.11. The molecule has 3 rings (SSSR count). The quantitative estimate of drug-likeness (QED) is 0.633. The predicted molar refractivity (Wildman–Crippen MR) is 113 cm³/mol. The van der Waals surface area contributed by atoms with Crippen molar-refractivity contribution in [2.24, 2.45) is 0 Å². The molecular weight excluding hydrogens is 378 g/mol. The van der Waals surface area contributed by atoms with Crippen molar-refractivity contribution in [3.63, 3.8) is 0 Å². The van der Waals surface area contributed by atoms with Crippen LogP contribution >= 0.6 is 23.4 Å². The third-order valence-electron chi connectivity index (χ3n) is 4.36. The Hall–Kier alpha value is -2.04. The summed E-state index contributed by atoms with van der Waals surface area (Å²) in [7, 11) is 0. The Morgan fingerprint density at radius 2 is 1.59 bits per heavy atom. The molecule has 2 aromatic rings. The molecule has 0 spiro atoms. The summed E-state index contributed by atoms with van der Waals surface area (Å²) in [6.45, 7) is 6.41. The molecule has 1 heterocycles. The average molecular weight is 400 g/mol. The highest BCUT2D eigenvalue weighted by Gasteiger charge is 2.39. The molecule has 0 atom stereocenters. The summed E-state index contributed by atoms with van der Waals surface area (Å²) in [5.41, 5.74) is 3.49. The van der Waals surface area contributed by atoms with Crippen molar-refractivity contribution < 1.29 is 9.59 Å². The lowest BCUT2D eigenvalue weighted by molar-refractivity contribution is -0.136. The van der Waals surface area contributed by atoms with Gasteiger partial charge in [0, 0.05) is 16.8 Å². The van der Waals surface area contributed by atoms with Gasteiger partial charge in [0.1, 0.15) is 0 Å². The van der Waals surface area contributed by atoms with Gasteiger partial charge in [-0.3, -0.25) is 14.5 Å². The van der Waals surface area contributed by atoms with Crippen LogP contribution in [0.2, 0.25) is 5.02 Å².